The van der Waals surface area contributed by atoms with Crippen molar-refractivity contribution in [1.82, 2.24) is 13.9 Å². The molecule has 3 rings (SSSR count). The molecule has 0 spiro atoms. The van der Waals surface area contributed by atoms with Crippen molar-refractivity contribution in [1.29, 1.82) is 0 Å². The fourth-order valence-corrected chi connectivity index (χ4v) is 7.02. The van der Waals surface area contributed by atoms with E-state index in [0.717, 1.165) is 18.4 Å². The van der Waals surface area contributed by atoms with Crippen LogP contribution >= 0.6 is 0 Å². The van der Waals surface area contributed by atoms with Crippen LogP contribution in [0.3, 0.4) is 0 Å². The van der Waals surface area contributed by atoms with Crippen LogP contribution in [0.1, 0.15) is 42.6 Å². The fourth-order valence-electron chi connectivity index (χ4n) is 3.86. The van der Waals surface area contributed by atoms with Gasteiger partial charge in [0, 0.05) is 38.3 Å². The molecule has 1 saturated heterocycles. The van der Waals surface area contributed by atoms with Gasteiger partial charge >= 0.3 is 0 Å². The lowest BCUT2D eigenvalue weighted by atomic mass is 10.2. The van der Waals surface area contributed by atoms with E-state index in [0.29, 0.717) is 26.2 Å². The molecule has 1 aliphatic rings. The summed E-state index contributed by atoms with van der Waals surface area (Å²) in [7, 11) is -5.94. The number of amides is 1. The van der Waals surface area contributed by atoms with Crippen LogP contribution in [0.2, 0.25) is 0 Å². The minimum absolute atomic E-state index is 0.0668. The van der Waals surface area contributed by atoms with Gasteiger partial charge in [-0.05, 0) is 48.7 Å². The molecule has 0 radical (unpaired) electrons. The Kier molecular flexibility index (Phi) is 8.34. The van der Waals surface area contributed by atoms with Crippen molar-refractivity contribution >= 4 is 26.0 Å². The molecule has 1 heterocycles. The molecule has 9 nitrogen and oxygen atoms in total. The second-order valence-electron chi connectivity index (χ2n) is 7.89. The average molecular weight is 510 g/mol. The Morgan fingerprint density at radius 3 is 2.18 bits per heavy atom. The summed E-state index contributed by atoms with van der Waals surface area (Å²) in [6.07, 6.45) is 1.74. The molecule has 1 aliphatic heterocycles. The predicted octanol–water partition coefficient (Wildman–Crippen LogP) is 2.44. The number of nitrogens with one attached hydrogen (secondary N) is 1. The summed E-state index contributed by atoms with van der Waals surface area (Å²) >= 11 is 0. The first kappa shape index (κ1) is 26.1. The van der Waals surface area contributed by atoms with E-state index in [-0.39, 0.29) is 27.6 Å². The molecular weight excluding hydrogens is 478 g/mol. The van der Waals surface area contributed by atoms with E-state index in [9.17, 15) is 21.6 Å². The van der Waals surface area contributed by atoms with E-state index in [2.05, 4.69) is 5.32 Å². The lowest BCUT2D eigenvalue weighted by molar-refractivity contribution is 0.0950. The van der Waals surface area contributed by atoms with Crippen LogP contribution in [0.25, 0.3) is 0 Å². The van der Waals surface area contributed by atoms with Crippen molar-refractivity contribution in [3.05, 3.63) is 53.6 Å². The Morgan fingerprint density at radius 1 is 1.00 bits per heavy atom. The number of ether oxygens (including phenoxy) is 1. The van der Waals surface area contributed by atoms with Gasteiger partial charge in [-0.25, -0.2) is 16.8 Å². The maximum atomic E-state index is 13.0. The highest BCUT2D eigenvalue weighted by atomic mass is 32.2. The molecule has 0 unspecified atom stereocenters. The number of carbonyl (C=O) groups excluding carboxylic acids is 1. The van der Waals surface area contributed by atoms with Gasteiger partial charge in [0.15, 0.2) is 0 Å². The molecule has 2 aromatic rings. The van der Waals surface area contributed by atoms with Crippen molar-refractivity contribution in [2.45, 2.75) is 43.0 Å². The van der Waals surface area contributed by atoms with Crippen LogP contribution in [-0.2, 0) is 26.6 Å². The number of methoxy groups -OCH3 is 1. The van der Waals surface area contributed by atoms with Crippen LogP contribution in [0.15, 0.2) is 52.3 Å². The Labute approximate surface area is 201 Å². The zero-order chi connectivity index (χ0) is 24.9. The summed E-state index contributed by atoms with van der Waals surface area (Å²) in [4.78, 5) is 12.9. The fraction of sp³-hybridized carbons (Fsp3) is 0.435. The maximum absolute atomic E-state index is 13.0. The predicted molar refractivity (Wildman–Crippen MR) is 129 cm³/mol. The van der Waals surface area contributed by atoms with E-state index in [1.165, 1.54) is 46.1 Å². The highest BCUT2D eigenvalue weighted by Crippen LogP contribution is 2.28. The van der Waals surface area contributed by atoms with Crippen molar-refractivity contribution in [2.75, 3.05) is 33.3 Å². The van der Waals surface area contributed by atoms with Gasteiger partial charge in [-0.1, -0.05) is 26.0 Å². The zero-order valence-corrected chi connectivity index (χ0v) is 21.3. The van der Waals surface area contributed by atoms with Crippen LogP contribution in [0, 0.1) is 0 Å². The normalized spacial score (nSPS) is 14.9. The zero-order valence-electron chi connectivity index (χ0n) is 19.7. The Morgan fingerprint density at radius 2 is 1.62 bits per heavy atom. The monoisotopic (exact) mass is 509 g/mol. The molecule has 0 aliphatic carbocycles. The highest BCUT2D eigenvalue weighted by Gasteiger charge is 2.28. The van der Waals surface area contributed by atoms with E-state index in [1.807, 2.05) is 0 Å². The molecule has 186 valence electrons. The molecule has 0 saturated carbocycles. The van der Waals surface area contributed by atoms with Gasteiger partial charge in [-0.15, -0.1) is 0 Å². The third-order valence-electron chi connectivity index (χ3n) is 5.83. The summed E-state index contributed by atoms with van der Waals surface area (Å²) < 4.78 is 59.3. The number of hydrogen-bond acceptors (Lipinski definition) is 6. The summed E-state index contributed by atoms with van der Waals surface area (Å²) in [5.41, 5.74) is 0.901. The second-order valence-corrected chi connectivity index (χ2v) is 11.7. The molecule has 34 heavy (non-hydrogen) atoms. The third kappa shape index (κ3) is 5.43. The van der Waals surface area contributed by atoms with Gasteiger partial charge < -0.3 is 10.1 Å². The molecule has 11 heteroatoms. The summed E-state index contributed by atoms with van der Waals surface area (Å²) in [6, 6.07) is 10.7. The van der Waals surface area contributed by atoms with Gasteiger partial charge in [-0.3, -0.25) is 4.79 Å². The second kappa shape index (κ2) is 10.9. The number of carbonyl (C=O) groups is 1. The number of hydrogen-bond donors (Lipinski definition) is 1. The van der Waals surface area contributed by atoms with Gasteiger partial charge in [0.2, 0.25) is 20.0 Å². The maximum Gasteiger partial charge on any atom is 0.251 e. The minimum Gasteiger partial charge on any atom is -0.495 e. The molecule has 1 N–H and O–H groups in total. The van der Waals surface area contributed by atoms with E-state index < -0.39 is 26.0 Å². The first-order valence-electron chi connectivity index (χ1n) is 11.2. The molecule has 1 amide bonds. The van der Waals surface area contributed by atoms with Gasteiger partial charge in [0.25, 0.3) is 5.91 Å². The number of benzene rings is 2. The van der Waals surface area contributed by atoms with Crippen molar-refractivity contribution in [3.63, 3.8) is 0 Å². The van der Waals surface area contributed by atoms with Gasteiger partial charge in [0.05, 0.1) is 12.0 Å². The van der Waals surface area contributed by atoms with Gasteiger partial charge in [-0.2, -0.15) is 8.61 Å². The van der Waals surface area contributed by atoms with E-state index in [4.69, 9.17) is 4.74 Å². The Balaban J connectivity index is 1.74. The Bertz CT molecular complexity index is 1220. The topological polar surface area (TPSA) is 113 Å². The lowest BCUT2D eigenvalue weighted by Crippen LogP contribution is -2.31. The first-order valence-corrected chi connectivity index (χ1v) is 14.1. The summed E-state index contributed by atoms with van der Waals surface area (Å²) in [5.74, 6) is -0.286. The Hall–Kier alpha value is -2.47. The summed E-state index contributed by atoms with van der Waals surface area (Å²) in [5, 5.41) is 2.75. The number of rotatable bonds is 10. The molecule has 0 atom stereocenters. The van der Waals surface area contributed by atoms with Crippen molar-refractivity contribution < 1.29 is 26.4 Å². The van der Waals surface area contributed by atoms with Gasteiger partial charge in [0.1, 0.15) is 10.6 Å². The highest BCUT2D eigenvalue weighted by molar-refractivity contribution is 7.89. The molecule has 2 aromatic carbocycles. The smallest absolute Gasteiger partial charge is 0.251 e. The largest absolute Gasteiger partial charge is 0.495 e. The lowest BCUT2D eigenvalue weighted by Gasteiger charge is -2.20. The summed E-state index contributed by atoms with van der Waals surface area (Å²) in [6.45, 7) is 5.30. The molecular formula is C23H31N3O6S2. The molecule has 0 bridgehead atoms. The third-order valence-corrected chi connectivity index (χ3v) is 9.81. The minimum atomic E-state index is -3.83. The number of sulfonamides is 2. The molecule has 1 fully saturated rings. The van der Waals surface area contributed by atoms with E-state index >= 15 is 0 Å². The SMILES string of the molecule is CCN(CC)S(=O)(=O)c1cc(C(=O)NCc2ccc(S(=O)(=O)N3CCCC3)cc2)ccc1OC. The van der Waals surface area contributed by atoms with E-state index in [1.54, 1.807) is 26.0 Å². The van der Waals surface area contributed by atoms with Crippen molar-refractivity contribution in [2.24, 2.45) is 0 Å². The van der Waals surface area contributed by atoms with Crippen LogP contribution in [0.4, 0.5) is 0 Å². The average Bonchev–Trinajstić information content (AvgIpc) is 3.39. The quantitative estimate of drug-likeness (QED) is 0.526. The van der Waals surface area contributed by atoms with Crippen molar-refractivity contribution in [3.8, 4) is 5.75 Å². The van der Waals surface area contributed by atoms with Crippen LogP contribution in [0.5, 0.6) is 5.75 Å². The van der Waals surface area contributed by atoms with Crippen LogP contribution < -0.4 is 10.1 Å². The standard InChI is InChI=1S/C23H31N3O6S2/c1-4-25(5-2)34(30,31)22-16-19(10-13-21(22)32-3)23(27)24-17-18-8-11-20(12-9-18)33(28,29)26-14-6-7-15-26/h8-13,16H,4-7,14-15,17H2,1-3H3,(H,24,27). The molecule has 0 aromatic heterocycles. The number of nitrogens with zero attached hydrogens (tertiary/aromatic N) is 2. The first-order chi connectivity index (χ1) is 16.1. The van der Waals surface area contributed by atoms with Crippen LogP contribution in [-0.4, -0.2) is 64.6 Å².